The number of nitrogens with zero attached hydrogens (tertiary/aromatic N) is 1. The van der Waals surface area contributed by atoms with Gasteiger partial charge in [0.2, 0.25) is 11.8 Å². The second kappa shape index (κ2) is 8.68. The first-order chi connectivity index (χ1) is 11.5. The molecule has 0 spiro atoms. The van der Waals surface area contributed by atoms with Crippen LogP contribution in [0.25, 0.3) is 0 Å². The quantitative estimate of drug-likeness (QED) is 0.651. The van der Waals surface area contributed by atoms with E-state index in [-0.39, 0.29) is 43.7 Å². The third-order valence-corrected chi connectivity index (χ3v) is 3.17. The molecule has 0 aromatic carbocycles. The number of aromatic nitrogens is 1. The first kappa shape index (κ1) is 20.7. The number of hydrogen-bond donors (Lipinski definition) is 3. The summed E-state index contributed by atoms with van der Waals surface area (Å²) in [5, 5.41) is 7.76. The Kier molecular flexibility index (Phi) is 7.20. The predicted molar refractivity (Wildman–Crippen MR) is 87.8 cm³/mol. The van der Waals surface area contributed by atoms with E-state index in [9.17, 15) is 22.8 Å². The van der Waals surface area contributed by atoms with Crippen molar-refractivity contribution in [2.45, 2.75) is 33.4 Å². The molecule has 0 aliphatic carbocycles. The minimum atomic E-state index is -4.49. The van der Waals surface area contributed by atoms with Gasteiger partial charge in [-0.15, -0.1) is 0 Å². The first-order valence-corrected chi connectivity index (χ1v) is 7.83. The summed E-state index contributed by atoms with van der Waals surface area (Å²) in [5.41, 5.74) is -1.38. The summed E-state index contributed by atoms with van der Waals surface area (Å²) in [5.74, 6) is -0.730. The molecule has 2 amide bonds. The fourth-order valence-corrected chi connectivity index (χ4v) is 1.80. The highest BCUT2D eigenvalue weighted by Gasteiger charge is 2.33. The van der Waals surface area contributed by atoms with Crippen LogP contribution in [0.15, 0.2) is 18.3 Å². The average molecular weight is 360 g/mol. The standard InChI is InChI=1S/C16H23F3N4O2/c1-15(2,3)14(25)23-8-6-12(24)20-9-10-22-13-11(16(17,18)19)5-4-7-21-13/h4-5,7H,6,8-10H2,1-3H3,(H,20,24)(H,21,22)(H,23,25). The van der Waals surface area contributed by atoms with Gasteiger partial charge >= 0.3 is 6.18 Å². The summed E-state index contributed by atoms with van der Waals surface area (Å²) >= 11 is 0. The monoisotopic (exact) mass is 360 g/mol. The molecule has 0 radical (unpaired) electrons. The predicted octanol–water partition coefficient (Wildman–Crippen LogP) is 2.18. The number of rotatable bonds is 7. The third-order valence-electron chi connectivity index (χ3n) is 3.17. The third kappa shape index (κ3) is 7.40. The van der Waals surface area contributed by atoms with E-state index in [2.05, 4.69) is 20.9 Å². The Balaban J connectivity index is 2.30. The number of carbonyl (C=O) groups excluding carboxylic acids is 2. The maximum Gasteiger partial charge on any atom is 0.419 e. The molecule has 140 valence electrons. The summed E-state index contributed by atoms with van der Waals surface area (Å²) < 4.78 is 38.4. The van der Waals surface area contributed by atoms with E-state index in [1.54, 1.807) is 20.8 Å². The molecule has 0 aliphatic heterocycles. The highest BCUT2D eigenvalue weighted by Crippen LogP contribution is 2.33. The van der Waals surface area contributed by atoms with Crippen molar-refractivity contribution in [3.8, 4) is 0 Å². The zero-order valence-corrected chi connectivity index (χ0v) is 14.5. The minimum absolute atomic E-state index is 0.0964. The van der Waals surface area contributed by atoms with Crippen molar-refractivity contribution in [3.05, 3.63) is 23.9 Å². The summed E-state index contributed by atoms with van der Waals surface area (Å²) in [6.07, 6.45) is -3.14. The molecular formula is C16H23F3N4O2. The van der Waals surface area contributed by atoms with E-state index in [1.807, 2.05) is 0 Å². The van der Waals surface area contributed by atoms with Crippen LogP contribution in [0.4, 0.5) is 19.0 Å². The molecule has 1 aromatic heterocycles. The van der Waals surface area contributed by atoms with Crippen LogP contribution in [0, 0.1) is 5.41 Å². The highest BCUT2D eigenvalue weighted by atomic mass is 19.4. The molecule has 6 nitrogen and oxygen atoms in total. The van der Waals surface area contributed by atoms with Gasteiger partial charge in [0.05, 0.1) is 5.56 Å². The van der Waals surface area contributed by atoms with Crippen molar-refractivity contribution in [3.63, 3.8) is 0 Å². The Morgan fingerprint density at radius 1 is 1.08 bits per heavy atom. The van der Waals surface area contributed by atoms with Crippen molar-refractivity contribution in [1.82, 2.24) is 15.6 Å². The Morgan fingerprint density at radius 3 is 2.36 bits per heavy atom. The number of halogens is 3. The molecule has 1 aromatic rings. The number of pyridine rings is 1. The van der Waals surface area contributed by atoms with Gasteiger partial charge in [0.15, 0.2) is 0 Å². The van der Waals surface area contributed by atoms with Crippen molar-refractivity contribution in [1.29, 1.82) is 0 Å². The number of anilines is 1. The largest absolute Gasteiger partial charge is 0.419 e. The van der Waals surface area contributed by atoms with Crippen LogP contribution in [-0.4, -0.2) is 36.4 Å². The lowest BCUT2D eigenvalue weighted by Crippen LogP contribution is -2.38. The molecule has 0 saturated carbocycles. The van der Waals surface area contributed by atoms with Crippen LogP contribution in [-0.2, 0) is 15.8 Å². The van der Waals surface area contributed by atoms with Gasteiger partial charge in [-0.3, -0.25) is 9.59 Å². The number of amides is 2. The molecule has 0 atom stereocenters. The summed E-state index contributed by atoms with van der Waals surface area (Å²) in [6, 6.07) is 2.15. The molecule has 0 bridgehead atoms. The normalized spacial score (nSPS) is 11.8. The second-order valence-corrected chi connectivity index (χ2v) is 6.43. The van der Waals surface area contributed by atoms with Crippen LogP contribution in [0.2, 0.25) is 0 Å². The minimum Gasteiger partial charge on any atom is -0.368 e. The van der Waals surface area contributed by atoms with Gasteiger partial charge in [-0.1, -0.05) is 20.8 Å². The Bertz CT molecular complexity index is 598. The van der Waals surface area contributed by atoms with Crippen molar-refractivity contribution in [2.75, 3.05) is 25.0 Å². The average Bonchev–Trinajstić information content (AvgIpc) is 2.50. The number of hydrogen-bond acceptors (Lipinski definition) is 4. The molecule has 25 heavy (non-hydrogen) atoms. The smallest absolute Gasteiger partial charge is 0.368 e. The molecule has 0 saturated heterocycles. The van der Waals surface area contributed by atoms with Crippen LogP contribution in [0.3, 0.4) is 0 Å². The number of nitrogens with one attached hydrogen (secondary N) is 3. The fraction of sp³-hybridized carbons (Fsp3) is 0.562. The summed E-state index contributed by atoms with van der Waals surface area (Å²) in [4.78, 5) is 26.9. The molecule has 0 unspecified atom stereocenters. The van der Waals surface area contributed by atoms with Gasteiger partial charge in [0.1, 0.15) is 5.82 Å². The van der Waals surface area contributed by atoms with Gasteiger partial charge in [-0.2, -0.15) is 13.2 Å². The van der Waals surface area contributed by atoms with Gasteiger partial charge in [0.25, 0.3) is 0 Å². The van der Waals surface area contributed by atoms with E-state index in [1.165, 1.54) is 12.3 Å². The van der Waals surface area contributed by atoms with E-state index in [0.29, 0.717) is 0 Å². The topological polar surface area (TPSA) is 83.1 Å². The molecule has 1 heterocycles. The van der Waals surface area contributed by atoms with Gasteiger partial charge in [0, 0.05) is 37.7 Å². The molecule has 3 N–H and O–H groups in total. The van der Waals surface area contributed by atoms with Gasteiger partial charge < -0.3 is 16.0 Å². The molecular weight excluding hydrogens is 337 g/mol. The van der Waals surface area contributed by atoms with Crippen LogP contribution >= 0.6 is 0 Å². The fourth-order valence-electron chi connectivity index (χ4n) is 1.80. The Morgan fingerprint density at radius 2 is 1.76 bits per heavy atom. The van der Waals surface area contributed by atoms with E-state index in [4.69, 9.17) is 0 Å². The molecule has 9 heteroatoms. The van der Waals surface area contributed by atoms with Gasteiger partial charge in [-0.05, 0) is 12.1 Å². The maximum atomic E-state index is 12.8. The van der Waals surface area contributed by atoms with E-state index in [0.717, 1.165) is 6.07 Å². The van der Waals surface area contributed by atoms with Crippen molar-refractivity contribution in [2.24, 2.45) is 5.41 Å². The first-order valence-electron chi connectivity index (χ1n) is 7.83. The van der Waals surface area contributed by atoms with Crippen LogP contribution < -0.4 is 16.0 Å². The number of alkyl halides is 3. The second-order valence-electron chi connectivity index (χ2n) is 6.43. The Labute approximate surface area is 144 Å². The SMILES string of the molecule is CC(C)(C)C(=O)NCCC(=O)NCCNc1ncccc1C(F)(F)F. The zero-order valence-electron chi connectivity index (χ0n) is 14.5. The lowest BCUT2D eigenvalue weighted by Gasteiger charge is -2.17. The lowest BCUT2D eigenvalue weighted by atomic mass is 9.96. The zero-order chi connectivity index (χ0) is 19.1. The summed E-state index contributed by atoms with van der Waals surface area (Å²) in [6.45, 7) is 5.73. The van der Waals surface area contributed by atoms with E-state index >= 15 is 0 Å². The van der Waals surface area contributed by atoms with E-state index < -0.39 is 17.2 Å². The molecule has 0 aliphatic rings. The van der Waals surface area contributed by atoms with Crippen molar-refractivity contribution >= 4 is 17.6 Å². The van der Waals surface area contributed by atoms with Crippen molar-refractivity contribution < 1.29 is 22.8 Å². The Hall–Kier alpha value is -2.32. The van der Waals surface area contributed by atoms with Crippen LogP contribution in [0.1, 0.15) is 32.8 Å². The van der Waals surface area contributed by atoms with Crippen LogP contribution in [0.5, 0.6) is 0 Å². The van der Waals surface area contributed by atoms with Gasteiger partial charge in [-0.25, -0.2) is 4.98 Å². The molecule has 1 rings (SSSR count). The highest BCUT2D eigenvalue weighted by molar-refractivity contribution is 5.82. The number of carbonyl (C=O) groups is 2. The summed E-state index contributed by atoms with van der Waals surface area (Å²) in [7, 11) is 0. The maximum absolute atomic E-state index is 12.8. The molecule has 0 fully saturated rings. The lowest BCUT2D eigenvalue weighted by molar-refractivity contribution is -0.137.